The summed E-state index contributed by atoms with van der Waals surface area (Å²) in [5, 5.41) is 2.82. The molecule has 1 aromatic heterocycles. The molecular formula is C20H24N2O3S. The Hall–Kier alpha value is -2.34. The van der Waals surface area contributed by atoms with Gasteiger partial charge in [0, 0.05) is 18.0 Å². The van der Waals surface area contributed by atoms with Gasteiger partial charge in [0.05, 0.1) is 23.6 Å². The molecule has 5 nitrogen and oxygen atoms in total. The van der Waals surface area contributed by atoms with E-state index in [0.29, 0.717) is 22.7 Å². The van der Waals surface area contributed by atoms with Gasteiger partial charge in [-0.3, -0.25) is 9.59 Å². The van der Waals surface area contributed by atoms with Gasteiger partial charge >= 0.3 is 0 Å². The number of rotatable bonds is 5. The minimum atomic E-state index is -0.0556. The van der Waals surface area contributed by atoms with E-state index in [0.717, 1.165) is 29.8 Å². The summed E-state index contributed by atoms with van der Waals surface area (Å²) in [7, 11) is 1.58. The molecule has 26 heavy (non-hydrogen) atoms. The largest absolute Gasteiger partial charge is 0.496 e. The molecule has 2 heterocycles. The number of aryl methyl sites for hydroxylation is 1. The second kappa shape index (κ2) is 7.91. The maximum Gasteiger partial charge on any atom is 0.261 e. The molecule has 1 aromatic carbocycles. The van der Waals surface area contributed by atoms with Gasteiger partial charge in [-0.1, -0.05) is 11.6 Å². The lowest BCUT2D eigenvalue weighted by Gasteiger charge is -2.25. The highest BCUT2D eigenvalue weighted by Gasteiger charge is 2.33. The topological polar surface area (TPSA) is 58.6 Å². The van der Waals surface area contributed by atoms with Crippen molar-refractivity contribution in [2.45, 2.75) is 32.7 Å². The summed E-state index contributed by atoms with van der Waals surface area (Å²) in [6.45, 7) is 5.19. The molecule has 2 aromatic rings. The molecule has 1 fully saturated rings. The van der Waals surface area contributed by atoms with Crippen LogP contribution in [0, 0.1) is 6.92 Å². The van der Waals surface area contributed by atoms with Crippen LogP contribution in [-0.4, -0.2) is 36.9 Å². The van der Waals surface area contributed by atoms with E-state index in [9.17, 15) is 9.59 Å². The molecule has 3 rings (SSSR count). The second-order valence-electron chi connectivity index (χ2n) is 6.42. The molecule has 2 amide bonds. The van der Waals surface area contributed by atoms with Crippen LogP contribution in [0.25, 0.3) is 0 Å². The van der Waals surface area contributed by atoms with E-state index in [-0.39, 0.29) is 17.9 Å². The van der Waals surface area contributed by atoms with Gasteiger partial charge in [-0.05, 0) is 51.0 Å². The van der Waals surface area contributed by atoms with E-state index in [1.807, 2.05) is 49.1 Å². The van der Waals surface area contributed by atoms with Gasteiger partial charge in [-0.2, -0.15) is 0 Å². The van der Waals surface area contributed by atoms with Gasteiger partial charge < -0.3 is 15.0 Å². The predicted molar refractivity (Wildman–Crippen MR) is 103 cm³/mol. The third kappa shape index (κ3) is 3.60. The smallest absolute Gasteiger partial charge is 0.261 e. The first-order valence-corrected chi connectivity index (χ1v) is 9.70. The van der Waals surface area contributed by atoms with Crippen molar-refractivity contribution in [2.75, 3.05) is 20.2 Å². The number of carbonyl (C=O) groups excluding carboxylic acids is 2. The fourth-order valence-electron chi connectivity index (χ4n) is 3.35. The van der Waals surface area contributed by atoms with Gasteiger partial charge in [0.25, 0.3) is 11.8 Å². The Morgan fingerprint density at radius 2 is 2.12 bits per heavy atom. The first kappa shape index (κ1) is 18.5. The Morgan fingerprint density at radius 3 is 2.85 bits per heavy atom. The fraction of sp³-hybridized carbons (Fsp3) is 0.400. The van der Waals surface area contributed by atoms with Crippen molar-refractivity contribution >= 4 is 23.2 Å². The minimum absolute atomic E-state index is 0.0130. The Balaban J connectivity index is 1.86. The second-order valence-corrected chi connectivity index (χ2v) is 7.54. The lowest BCUT2D eigenvalue weighted by molar-refractivity contribution is 0.0734. The van der Waals surface area contributed by atoms with Crippen molar-refractivity contribution in [1.82, 2.24) is 10.2 Å². The van der Waals surface area contributed by atoms with Crippen LogP contribution in [0.15, 0.2) is 30.3 Å². The van der Waals surface area contributed by atoms with Crippen molar-refractivity contribution in [2.24, 2.45) is 0 Å². The Kier molecular flexibility index (Phi) is 5.61. The van der Waals surface area contributed by atoms with E-state index in [1.54, 1.807) is 7.11 Å². The number of hydrogen-bond donors (Lipinski definition) is 1. The molecule has 1 N–H and O–H groups in total. The summed E-state index contributed by atoms with van der Waals surface area (Å²) in [5.41, 5.74) is 1.62. The lowest BCUT2D eigenvalue weighted by atomic mass is 10.1. The average molecular weight is 372 g/mol. The molecule has 0 bridgehead atoms. The minimum Gasteiger partial charge on any atom is -0.496 e. The molecule has 0 spiro atoms. The van der Waals surface area contributed by atoms with Crippen molar-refractivity contribution in [3.05, 3.63) is 51.2 Å². The number of ether oxygens (including phenoxy) is 1. The molecule has 6 heteroatoms. The maximum atomic E-state index is 13.2. The van der Waals surface area contributed by atoms with Crippen LogP contribution in [-0.2, 0) is 0 Å². The number of nitrogens with one attached hydrogen (secondary N) is 1. The lowest BCUT2D eigenvalue weighted by Crippen LogP contribution is -2.30. The summed E-state index contributed by atoms with van der Waals surface area (Å²) >= 11 is 1.47. The maximum absolute atomic E-state index is 13.2. The van der Waals surface area contributed by atoms with Crippen LogP contribution in [0.3, 0.4) is 0 Å². The number of likely N-dealkylation sites (tertiary alicyclic amines) is 1. The van der Waals surface area contributed by atoms with E-state index in [4.69, 9.17) is 4.74 Å². The third-order valence-electron chi connectivity index (χ3n) is 4.62. The zero-order valence-electron chi connectivity index (χ0n) is 15.4. The molecule has 1 atom stereocenters. The van der Waals surface area contributed by atoms with Crippen LogP contribution in [0.4, 0.5) is 0 Å². The first-order valence-electron chi connectivity index (χ1n) is 8.88. The number of amides is 2. The molecule has 0 radical (unpaired) electrons. The standard InChI is InChI=1S/C20H24N2O3S/c1-4-21-19(23)18-10-9-17(26-18)15-6-5-11-22(15)20(24)14-12-13(2)7-8-16(14)25-3/h7-10,12,15H,4-6,11H2,1-3H3,(H,21,23)/t15-/m0/s1. The van der Waals surface area contributed by atoms with Crippen LogP contribution < -0.4 is 10.1 Å². The Morgan fingerprint density at radius 1 is 1.31 bits per heavy atom. The molecular weight excluding hydrogens is 348 g/mol. The van der Waals surface area contributed by atoms with Crippen LogP contribution in [0.1, 0.15) is 56.3 Å². The molecule has 1 aliphatic heterocycles. The normalized spacial score (nSPS) is 16.6. The van der Waals surface area contributed by atoms with E-state index in [1.165, 1.54) is 11.3 Å². The van der Waals surface area contributed by atoms with Crippen LogP contribution >= 0.6 is 11.3 Å². The molecule has 0 saturated carbocycles. The van der Waals surface area contributed by atoms with Crippen molar-refractivity contribution < 1.29 is 14.3 Å². The van der Waals surface area contributed by atoms with Crippen LogP contribution in [0.5, 0.6) is 5.75 Å². The van der Waals surface area contributed by atoms with Gasteiger partial charge in [-0.25, -0.2) is 0 Å². The number of hydrogen-bond acceptors (Lipinski definition) is 4. The zero-order valence-corrected chi connectivity index (χ0v) is 16.2. The summed E-state index contributed by atoms with van der Waals surface area (Å²) in [4.78, 5) is 28.9. The first-order chi connectivity index (χ1) is 12.5. The van der Waals surface area contributed by atoms with Gasteiger partial charge in [0.15, 0.2) is 0 Å². The highest BCUT2D eigenvalue weighted by atomic mass is 32.1. The van der Waals surface area contributed by atoms with Crippen LogP contribution in [0.2, 0.25) is 0 Å². The SMILES string of the molecule is CCNC(=O)c1ccc([C@@H]2CCCN2C(=O)c2cc(C)ccc2OC)s1. The van der Waals surface area contributed by atoms with E-state index in [2.05, 4.69) is 5.32 Å². The molecule has 0 aliphatic carbocycles. The number of methoxy groups -OCH3 is 1. The monoisotopic (exact) mass is 372 g/mol. The summed E-state index contributed by atoms with van der Waals surface area (Å²) in [5.74, 6) is 0.529. The summed E-state index contributed by atoms with van der Waals surface area (Å²) in [6.07, 6.45) is 1.87. The molecule has 1 aliphatic rings. The number of nitrogens with zero attached hydrogens (tertiary/aromatic N) is 1. The van der Waals surface area contributed by atoms with Crippen molar-refractivity contribution in [3.63, 3.8) is 0 Å². The van der Waals surface area contributed by atoms with Gasteiger partial charge in [0.2, 0.25) is 0 Å². The highest BCUT2D eigenvalue weighted by Crippen LogP contribution is 2.37. The van der Waals surface area contributed by atoms with Crippen molar-refractivity contribution in [1.29, 1.82) is 0 Å². The van der Waals surface area contributed by atoms with Gasteiger partial charge in [-0.15, -0.1) is 11.3 Å². The Labute approximate surface area is 158 Å². The molecule has 1 saturated heterocycles. The number of thiophene rings is 1. The number of benzene rings is 1. The third-order valence-corrected chi connectivity index (χ3v) is 5.80. The molecule has 138 valence electrons. The average Bonchev–Trinajstić information content (AvgIpc) is 3.30. The van der Waals surface area contributed by atoms with Crippen molar-refractivity contribution in [3.8, 4) is 5.75 Å². The highest BCUT2D eigenvalue weighted by molar-refractivity contribution is 7.14. The zero-order chi connectivity index (χ0) is 18.7. The van der Waals surface area contributed by atoms with E-state index >= 15 is 0 Å². The Bertz CT molecular complexity index is 815. The predicted octanol–water partition coefficient (Wildman–Crippen LogP) is 3.79. The number of carbonyl (C=O) groups is 2. The van der Waals surface area contributed by atoms with Gasteiger partial charge in [0.1, 0.15) is 5.75 Å². The summed E-state index contributed by atoms with van der Waals surface area (Å²) in [6, 6.07) is 9.49. The fourth-order valence-corrected chi connectivity index (χ4v) is 4.42. The van der Waals surface area contributed by atoms with E-state index < -0.39 is 0 Å². The molecule has 0 unspecified atom stereocenters. The summed E-state index contributed by atoms with van der Waals surface area (Å²) < 4.78 is 5.39. The quantitative estimate of drug-likeness (QED) is 0.869.